The third kappa shape index (κ3) is 5.24. The number of benzene rings is 1. The highest BCUT2D eigenvalue weighted by Crippen LogP contribution is 2.24. The second-order valence-corrected chi connectivity index (χ2v) is 8.00. The summed E-state index contributed by atoms with van der Waals surface area (Å²) >= 11 is 3.38. The molecule has 19 heavy (non-hydrogen) atoms. The van der Waals surface area contributed by atoms with Gasteiger partial charge in [-0.3, -0.25) is 0 Å². The van der Waals surface area contributed by atoms with Gasteiger partial charge in [0, 0.05) is 11.0 Å². The van der Waals surface area contributed by atoms with Crippen molar-refractivity contribution < 1.29 is 8.42 Å². The number of nitrogens with one attached hydrogen (secondary N) is 1. The first-order chi connectivity index (χ1) is 9.05. The van der Waals surface area contributed by atoms with Crippen LogP contribution in [0.3, 0.4) is 0 Å². The zero-order valence-corrected chi connectivity index (χ0v) is 13.3. The zero-order chi connectivity index (χ0) is 13.7. The van der Waals surface area contributed by atoms with E-state index in [0.717, 1.165) is 22.9 Å². The number of rotatable bonds is 5. The van der Waals surface area contributed by atoms with Crippen LogP contribution in [0.4, 0.5) is 0 Å². The Kier molecular flexibility index (Phi) is 5.42. The SMILES string of the molecule is O=S(=O)(CC1CCCCC1)NCc1cccc(Br)c1. The average molecular weight is 346 g/mol. The summed E-state index contributed by atoms with van der Waals surface area (Å²) in [5.74, 6) is 0.620. The van der Waals surface area contributed by atoms with Gasteiger partial charge in [0.05, 0.1) is 5.75 Å². The number of halogens is 1. The summed E-state index contributed by atoms with van der Waals surface area (Å²) in [6.07, 6.45) is 5.70. The molecule has 1 aliphatic rings. The quantitative estimate of drug-likeness (QED) is 0.888. The second kappa shape index (κ2) is 6.86. The molecule has 3 nitrogen and oxygen atoms in total. The van der Waals surface area contributed by atoms with Gasteiger partial charge in [-0.25, -0.2) is 13.1 Å². The molecule has 0 aliphatic heterocycles. The van der Waals surface area contributed by atoms with E-state index in [4.69, 9.17) is 0 Å². The van der Waals surface area contributed by atoms with Crippen LogP contribution in [0, 0.1) is 5.92 Å². The summed E-state index contributed by atoms with van der Waals surface area (Å²) in [4.78, 5) is 0. The summed E-state index contributed by atoms with van der Waals surface area (Å²) in [5, 5.41) is 0. The largest absolute Gasteiger partial charge is 0.212 e. The Morgan fingerprint density at radius 2 is 1.95 bits per heavy atom. The van der Waals surface area contributed by atoms with E-state index in [1.165, 1.54) is 19.3 Å². The number of hydrogen-bond acceptors (Lipinski definition) is 2. The maximum Gasteiger partial charge on any atom is 0.212 e. The maximum atomic E-state index is 12.0. The first-order valence-corrected chi connectivity index (χ1v) is 9.21. The van der Waals surface area contributed by atoms with E-state index in [-0.39, 0.29) is 5.75 Å². The van der Waals surface area contributed by atoms with Crippen molar-refractivity contribution in [2.75, 3.05) is 5.75 Å². The van der Waals surface area contributed by atoms with Crippen LogP contribution in [0.2, 0.25) is 0 Å². The topological polar surface area (TPSA) is 46.2 Å². The molecule has 2 rings (SSSR count). The molecule has 1 saturated carbocycles. The summed E-state index contributed by atoms with van der Waals surface area (Å²) < 4.78 is 27.7. The van der Waals surface area contributed by atoms with Crippen molar-refractivity contribution in [2.24, 2.45) is 5.92 Å². The predicted octanol–water partition coefficient (Wildman–Crippen LogP) is 3.45. The van der Waals surface area contributed by atoms with Gasteiger partial charge in [-0.1, -0.05) is 47.3 Å². The van der Waals surface area contributed by atoms with Crippen LogP contribution in [0.5, 0.6) is 0 Å². The molecule has 5 heteroatoms. The highest BCUT2D eigenvalue weighted by atomic mass is 79.9. The highest BCUT2D eigenvalue weighted by molar-refractivity contribution is 9.10. The number of sulfonamides is 1. The fourth-order valence-corrected chi connectivity index (χ4v) is 4.47. The smallest absolute Gasteiger partial charge is 0.212 e. The summed E-state index contributed by atoms with van der Waals surface area (Å²) in [6, 6.07) is 7.70. The maximum absolute atomic E-state index is 12.0. The van der Waals surface area contributed by atoms with Crippen molar-refractivity contribution in [3.05, 3.63) is 34.3 Å². The van der Waals surface area contributed by atoms with Crippen LogP contribution in [0.1, 0.15) is 37.7 Å². The number of hydrogen-bond donors (Lipinski definition) is 1. The lowest BCUT2D eigenvalue weighted by Crippen LogP contribution is -2.30. The molecule has 1 aliphatic carbocycles. The molecule has 0 spiro atoms. The van der Waals surface area contributed by atoms with Gasteiger partial charge in [-0.15, -0.1) is 0 Å². The van der Waals surface area contributed by atoms with Crippen LogP contribution in [-0.4, -0.2) is 14.2 Å². The summed E-state index contributed by atoms with van der Waals surface area (Å²) in [5.41, 5.74) is 0.974. The van der Waals surface area contributed by atoms with Crippen molar-refractivity contribution >= 4 is 26.0 Å². The van der Waals surface area contributed by atoms with E-state index in [0.29, 0.717) is 12.5 Å². The van der Waals surface area contributed by atoms with Gasteiger partial charge in [-0.05, 0) is 36.5 Å². The van der Waals surface area contributed by atoms with E-state index in [9.17, 15) is 8.42 Å². The average Bonchev–Trinajstić information content (AvgIpc) is 2.37. The third-order valence-corrected chi connectivity index (χ3v) is 5.55. The van der Waals surface area contributed by atoms with E-state index in [2.05, 4.69) is 20.7 Å². The van der Waals surface area contributed by atoms with Gasteiger partial charge in [0.2, 0.25) is 10.0 Å². The van der Waals surface area contributed by atoms with Crippen LogP contribution in [0.15, 0.2) is 28.7 Å². The zero-order valence-electron chi connectivity index (χ0n) is 10.9. The molecule has 106 valence electrons. The molecule has 0 radical (unpaired) electrons. The van der Waals surface area contributed by atoms with Crippen molar-refractivity contribution in [2.45, 2.75) is 38.6 Å². The fraction of sp³-hybridized carbons (Fsp3) is 0.571. The van der Waals surface area contributed by atoms with Gasteiger partial charge in [0.25, 0.3) is 0 Å². The van der Waals surface area contributed by atoms with Gasteiger partial charge in [-0.2, -0.15) is 0 Å². The van der Waals surface area contributed by atoms with Crippen molar-refractivity contribution in [1.29, 1.82) is 0 Å². The van der Waals surface area contributed by atoms with E-state index in [1.807, 2.05) is 24.3 Å². The molecule has 0 saturated heterocycles. The summed E-state index contributed by atoms with van der Waals surface area (Å²) in [6.45, 7) is 0.370. The molecule has 0 unspecified atom stereocenters. The van der Waals surface area contributed by atoms with Crippen molar-refractivity contribution in [1.82, 2.24) is 4.72 Å². The Bertz CT molecular complexity index is 510. The monoisotopic (exact) mass is 345 g/mol. The molecule has 1 aromatic rings. The van der Waals surface area contributed by atoms with Crippen LogP contribution in [0.25, 0.3) is 0 Å². The van der Waals surface area contributed by atoms with Crippen LogP contribution >= 0.6 is 15.9 Å². The second-order valence-electron chi connectivity index (χ2n) is 5.24. The first kappa shape index (κ1) is 15.0. The minimum absolute atomic E-state index is 0.279. The van der Waals surface area contributed by atoms with Gasteiger partial charge < -0.3 is 0 Å². The lowest BCUT2D eigenvalue weighted by molar-refractivity contribution is 0.384. The molecule has 0 amide bonds. The molecule has 1 aromatic carbocycles. The minimum atomic E-state index is -3.16. The standard InChI is InChI=1S/C14H20BrNO2S/c15-14-8-4-7-13(9-14)10-16-19(17,18)11-12-5-2-1-3-6-12/h4,7-9,12,16H,1-3,5-6,10-11H2. The first-order valence-electron chi connectivity index (χ1n) is 6.77. The summed E-state index contributed by atoms with van der Waals surface area (Å²) in [7, 11) is -3.16. The molecular formula is C14H20BrNO2S. The fourth-order valence-electron chi connectivity index (χ4n) is 2.56. The van der Waals surface area contributed by atoms with Crippen molar-refractivity contribution in [3.8, 4) is 0 Å². The third-order valence-electron chi connectivity index (χ3n) is 3.57. The van der Waals surface area contributed by atoms with Crippen LogP contribution < -0.4 is 4.72 Å². The molecule has 1 N–H and O–H groups in total. The lowest BCUT2D eigenvalue weighted by atomic mass is 9.91. The Labute approximate surface area is 124 Å². The Morgan fingerprint density at radius 3 is 2.63 bits per heavy atom. The molecule has 0 heterocycles. The van der Waals surface area contributed by atoms with Crippen molar-refractivity contribution in [3.63, 3.8) is 0 Å². The van der Waals surface area contributed by atoms with Gasteiger partial charge >= 0.3 is 0 Å². The Hall–Kier alpha value is -0.390. The predicted molar refractivity (Wildman–Crippen MR) is 81.3 cm³/mol. The molecule has 0 bridgehead atoms. The Balaban J connectivity index is 1.86. The molecular weight excluding hydrogens is 326 g/mol. The Morgan fingerprint density at radius 1 is 1.21 bits per heavy atom. The lowest BCUT2D eigenvalue weighted by Gasteiger charge is -2.21. The van der Waals surface area contributed by atoms with E-state index in [1.54, 1.807) is 0 Å². The van der Waals surface area contributed by atoms with E-state index >= 15 is 0 Å². The highest BCUT2D eigenvalue weighted by Gasteiger charge is 2.20. The molecule has 1 fully saturated rings. The molecule has 0 aromatic heterocycles. The normalized spacial score (nSPS) is 17.5. The minimum Gasteiger partial charge on any atom is -0.212 e. The molecule has 0 atom stereocenters. The van der Waals surface area contributed by atoms with Gasteiger partial charge in [0.15, 0.2) is 0 Å². The van der Waals surface area contributed by atoms with Crippen LogP contribution in [-0.2, 0) is 16.6 Å². The van der Waals surface area contributed by atoms with E-state index < -0.39 is 10.0 Å². The van der Waals surface area contributed by atoms with Gasteiger partial charge in [0.1, 0.15) is 0 Å².